The van der Waals surface area contributed by atoms with Gasteiger partial charge in [-0.3, -0.25) is 14.9 Å². The van der Waals surface area contributed by atoms with E-state index in [0.29, 0.717) is 21.8 Å². The highest BCUT2D eigenvalue weighted by Crippen LogP contribution is 2.29. The molecule has 0 atom stereocenters. The van der Waals surface area contributed by atoms with E-state index < -0.39 is 16.6 Å². The van der Waals surface area contributed by atoms with Crippen LogP contribution in [-0.2, 0) is 0 Å². The van der Waals surface area contributed by atoms with Gasteiger partial charge in [0.1, 0.15) is 15.7 Å². The maximum Gasteiger partial charge on any atom is 0.274 e. The van der Waals surface area contributed by atoms with Gasteiger partial charge in [0, 0.05) is 11.6 Å². The van der Waals surface area contributed by atoms with E-state index in [0.717, 1.165) is 11.3 Å². The first-order valence-electron chi connectivity index (χ1n) is 7.23. The highest BCUT2D eigenvalue weighted by molar-refractivity contribution is 7.17. The molecule has 126 valence electrons. The lowest BCUT2D eigenvalue weighted by atomic mass is 10.1. The van der Waals surface area contributed by atoms with Crippen LogP contribution in [0.25, 0.3) is 10.6 Å². The summed E-state index contributed by atoms with van der Waals surface area (Å²) in [6, 6.07) is 10.6. The number of thiazole rings is 1. The van der Waals surface area contributed by atoms with Crippen molar-refractivity contribution >= 4 is 28.6 Å². The topological polar surface area (TPSA) is 85.1 Å². The molecule has 0 spiro atoms. The molecule has 0 bridgehead atoms. The number of nitrogens with zero attached hydrogens (tertiary/aromatic N) is 2. The minimum Gasteiger partial charge on any atom is -0.321 e. The van der Waals surface area contributed by atoms with Gasteiger partial charge in [-0.05, 0) is 25.1 Å². The number of benzene rings is 2. The lowest BCUT2D eigenvalue weighted by Crippen LogP contribution is -2.11. The Hall–Kier alpha value is -3.13. The van der Waals surface area contributed by atoms with Gasteiger partial charge in [0.05, 0.1) is 22.4 Å². The van der Waals surface area contributed by atoms with E-state index in [-0.39, 0.29) is 10.6 Å². The Bertz CT molecular complexity index is 971. The first-order chi connectivity index (χ1) is 12.0. The number of rotatable bonds is 4. The molecule has 3 rings (SSSR count). The molecule has 0 saturated carbocycles. The van der Waals surface area contributed by atoms with E-state index in [1.54, 1.807) is 31.2 Å². The van der Waals surface area contributed by atoms with Crippen LogP contribution >= 0.6 is 11.3 Å². The molecule has 0 aliphatic heterocycles. The van der Waals surface area contributed by atoms with Crippen LogP contribution in [-0.4, -0.2) is 15.8 Å². The number of nitro benzene ring substituents is 1. The number of amides is 1. The Morgan fingerprint density at radius 1 is 1.24 bits per heavy atom. The Labute approximate surface area is 146 Å². The van der Waals surface area contributed by atoms with Gasteiger partial charge in [0.15, 0.2) is 0 Å². The Balaban J connectivity index is 1.85. The zero-order valence-corrected chi connectivity index (χ0v) is 13.8. The summed E-state index contributed by atoms with van der Waals surface area (Å²) >= 11 is 1.05. The van der Waals surface area contributed by atoms with Crippen LogP contribution in [0.5, 0.6) is 0 Å². The molecule has 25 heavy (non-hydrogen) atoms. The molecule has 0 fully saturated rings. The van der Waals surface area contributed by atoms with Crippen LogP contribution in [0.3, 0.4) is 0 Å². The van der Waals surface area contributed by atoms with Crippen molar-refractivity contribution in [2.75, 3.05) is 5.32 Å². The van der Waals surface area contributed by atoms with Crippen molar-refractivity contribution in [3.63, 3.8) is 0 Å². The van der Waals surface area contributed by atoms with Crippen LogP contribution in [0.4, 0.5) is 15.8 Å². The predicted molar refractivity (Wildman–Crippen MR) is 93.3 cm³/mol. The number of halogens is 1. The van der Waals surface area contributed by atoms with E-state index in [2.05, 4.69) is 10.3 Å². The van der Waals surface area contributed by atoms with Crippen molar-refractivity contribution in [3.05, 3.63) is 75.0 Å². The summed E-state index contributed by atoms with van der Waals surface area (Å²) in [5.74, 6) is -0.873. The highest BCUT2D eigenvalue weighted by atomic mass is 32.1. The van der Waals surface area contributed by atoms with Crippen LogP contribution in [0.2, 0.25) is 0 Å². The summed E-state index contributed by atoms with van der Waals surface area (Å²) in [7, 11) is 0. The SMILES string of the molecule is Cc1c(NC(=O)c2cnc(-c3ccccc3F)s2)cccc1[N+](=O)[O-]. The van der Waals surface area contributed by atoms with E-state index >= 15 is 0 Å². The van der Waals surface area contributed by atoms with Crippen LogP contribution in [0, 0.1) is 22.9 Å². The van der Waals surface area contributed by atoms with E-state index in [1.807, 2.05) is 0 Å². The van der Waals surface area contributed by atoms with Gasteiger partial charge in [-0.2, -0.15) is 0 Å². The summed E-state index contributed by atoms with van der Waals surface area (Å²) < 4.78 is 13.8. The molecule has 0 saturated heterocycles. The third-order valence-electron chi connectivity index (χ3n) is 3.58. The van der Waals surface area contributed by atoms with Gasteiger partial charge in [0.2, 0.25) is 0 Å². The van der Waals surface area contributed by atoms with Gasteiger partial charge in [-0.1, -0.05) is 18.2 Å². The third kappa shape index (κ3) is 3.38. The average Bonchev–Trinajstić information content (AvgIpc) is 3.07. The zero-order chi connectivity index (χ0) is 18.0. The van der Waals surface area contributed by atoms with E-state index in [9.17, 15) is 19.3 Å². The molecule has 8 heteroatoms. The van der Waals surface area contributed by atoms with Gasteiger partial charge >= 0.3 is 0 Å². The zero-order valence-electron chi connectivity index (χ0n) is 13.0. The normalized spacial score (nSPS) is 10.5. The van der Waals surface area contributed by atoms with Crippen molar-refractivity contribution in [2.24, 2.45) is 0 Å². The Kier molecular flexibility index (Phi) is 4.53. The molecule has 1 heterocycles. The predicted octanol–water partition coefficient (Wildman–Crippen LogP) is 4.42. The summed E-state index contributed by atoms with van der Waals surface area (Å²) in [6.07, 6.45) is 1.36. The molecular formula is C17H12FN3O3S. The van der Waals surface area contributed by atoms with Gasteiger partial charge < -0.3 is 5.32 Å². The van der Waals surface area contributed by atoms with Gasteiger partial charge in [-0.25, -0.2) is 9.37 Å². The fourth-order valence-electron chi connectivity index (χ4n) is 2.28. The maximum atomic E-state index is 13.8. The Morgan fingerprint density at radius 3 is 2.72 bits per heavy atom. The molecule has 1 aromatic heterocycles. The van der Waals surface area contributed by atoms with Crippen LogP contribution in [0.15, 0.2) is 48.7 Å². The number of anilines is 1. The van der Waals surface area contributed by atoms with Crippen molar-refractivity contribution in [1.82, 2.24) is 4.98 Å². The fraction of sp³-hybridized carbons (Fsp3) is 0.0588. The molecule has 6 nitrogen and oxygen atoms in total. The monoisotopic (exact) mass is 357 g/mol. The maximum absolute atomic E-state index is 13.8. The Morgan fingerprint density at radius 2 is 2.00 bits per heavy atom. The third-order valence-corrected chi connectivity index (χ3v) is 4.61. The minimum atomic E-state index is -0.506. The molecule has 0 aliphatic rings. The number of hydrogen-bond donors (Lipinski definition) is 1. The molecule has 2 aromatic carbocycles. The van der Waals surface area contributed by atoms with E-state index in [4.69, 9.17) is 0 Å². The average molecular weight is 357 g/mol. The lowest BCUT2D eigenvalue weighted by molar-refractivity contribution is -0.385. The molecule has 0 unspecified atom stereocenters. The molecule has 1 N–H and O–H groups in total. The van der Waals surface area contributed by atoms with Gasteiger partial charge in [0.25, 0.3) is 11.6 Å². The highest BCUT2D eigenvalue weighted by Gasteiger charge is 2.18. The fourth-order valence-corrected chi connectivity index (χ4v) is 3.12. The van der Waals surface area contributed by atoms with Gasteiger partial charge in [-0.15, -0.1) is 11.3 Å². The first-order valence-corrected chi connectivity index (χ1v) is 8.05. The van der Waals surface area contributed by atoms with Crippen molar-refractivity contribution < 1.29 is 14.1 Å². The number of aromatic nitrogens is 1. The summed E-state index contributed by atoms with van der Waals surface area (Å²) in [4.78, 5) is 27.2. The first kappa shape index (κ1) is 16.7. The number of hydrogen-bond acceptors (Lipinski definition) is 5. The van der Waals surface area contributed by atoms with Crippen molar-refractivity contribution in [2.45, 2.75) is 6.92 Å². The molecule has 0 aliphatic carbocycles. The number of carbonyl (C=O) groups excluding carboxylic acids is 1. The van der Waals surface area contributed by atoms with Crippen molar-refractivity contribution in [1.29, 1.82) is 0 Å². The summed E-state index contributed by atoms with van der Waals surface area (Å²) in [5, 5.41) is 14.0. The second-order valence-corrected chi connectivity index (χ2v) is 6.20. The second-order valence-electron chi connectivity index (χ2n) is 5.17. The smallest absolute Gasteiger partial charge is 0.274 e. The number of nitro groups is 1. The molecule has 1 amide bonds. The van der Waals surface area contributed by atoms with E-state index in [1.165, 1.54) is 24.4 Å². The van der Waals surface area contributed by atoms with Crippen LogP contribution in [0.1, 0.15) is 15.2 Å². The molecule has 0 radical (unpaired) electrons. The summed E-state index contributed by atoms with van der Waals surface area (Å²) in [6.45, 7) is 1.56. The number of carbonyl (C=O) groups is 1. The minimum absolute atomic E-state index is 0.0749. The summed E-state index contributed by atoms with van der Waals surface area (Å²) in [5.41, 5.74) is 0.951. The largest absolute Gasteiger partial charge is 0.321 e. The number of nitrogens with one attached hydrogen (secondary N) is 1. The second kappa shape index (κ2) is 6.78. The molecule has 3 aromatic rings. The molecular weight excluding hydrogens is 345 g/mol. The van der Waals surface area contributed by atoms with Crippen LogP contribution < -0.4 is 5.32 Å². The van der Waals surface area contributed by atoms with Crippen molar-refractivity contribution in [3.8, 4) is 10.6 Å². The quantitative estimate of drug-likeness (QED) is 0.553. The lowest BCUT2D eigenvalue weighted by Gasteiger charge is -2.07. The standard InChI is InChI=1S/C17H12FN3O3S/c1-10-13(7-4-8-14(10)21(23)24)20-16(22)15-9-19-17(25-15)11-5-2-3-6-12(11)18/h2-9H,1H3,(H,20,22).